The lowest BCUT2D eigenvalue weighted by molar-refractivity contribution is 0.259. The summed E-state index contributed by atoms with van der Waals surface area (Å²) < 4.78 is 1.78. The summed E-state index contributed by atoms with van der Waals surface area (Å²) in [5, 5.41) is 4.16. The van der Waals surface area contributed by atoms with E-state index >= 15 is 0 Å². The summed E-state index contributed by atoms with van der Waals surface area (Å²) >= 11 is 0. The topological polar surface area (TPSA) is 60.0 Å². The highest BCUT2D eigenvalue weighted by Gasteiger charge is 2.13. The Hall–Kier alpha value is -1.72. The predicted molar refractivity (Wildman–Crippen MR) is 75.3 cm³/mol. The maximum atomic E-state index is 6.22. The normalized spacial score (nSPS) is 12.8. The van der Waals surface area contributed by atoms with Gasteiger partial charge in [0.2, 0.25) is 0 Å². The minimum atomic E-state index is -0.0163. The highest BCUT2D eigenvalue weighted by molar-refractivity contribution is 5.10. The van der Waals surface area contributed by atoms with Gasteiger partial charge in [-0.05, 0) is 18.7 Å². The first-order valence-electron chi connectivity index (χ1n) is 6.55. The molecule has 19 heavy (non-hydrogen) atoms. The first kappa shape index (κ1) is 13.7. The minimum Gasteiger partial charge on any atom is -0.323 e. The zero-order valence-corrected chi connectivity index (χ0v) is 11.5. The summed E-state index contributed by atoms with van der Waals surface area (Å²) in [5.74, 6) is 0. The maximum Gasteiger partial charge on any atom is 0.0543 e. The summed E-state index contributed by atoms with van der Waals surface area (Å²) in [6.07, 6.45) is 5.63. The lowest BCUT2D eigenvalue weighted by atomic mass is 10.1. The maximum absolute atomic E-state index is 6.22. The van der Waals surface area contributed by atoms with Crippen LogP contribution >= 0.6 is 0 Å². The van der Waals surface area contributed by atoms with Crippen molar-refractivity contribution in [3.8, 4) is 0 Å². The van der Waals surface area contributed by atoms with Crippen LogP contribution in [0.5, 0.6) is 0 Å². The third kappa shape index (κ3) is 3.87. The monoisotopic (exact) mass is 259 g/mol. The van der Waals surface area contributed by atoms with E-state index in [1.165, 1.54) is 0 Å². The molecule has 0 aromatic carbocycles. The Morgan fingerprint density at radius 3 is 2.84 bits per heavy atom. The quantitative estimate of drug-likeness (QED) is 0.850. The Kier molecular flexibility index (Phi) is 4.65. The summed E-state index contributed by atoms with van der Waals surface area (Å²) in [4.78, 5) is 6.64. The third-order valence-electron chi connectivity index (χ3n) is 3.17. The van der Waals surface area contributed by atoms with Gasteiger partial charge in [0, 0.05) is 44.1 Å². The zero-order chi connectivity index (χ0) is 13.7. The molecule has 2 rings (SSSR count). The molecule has 1 unspecified atom stereocenters. The molecule has 0 fully saturated rings. The number of nitrogens with two attached hydrogens (primary N) is 1. The molecule has 2 aromatic heterocycles. The number of hydrogen-bond donors (Lipinski definition) is 1. The molecule has 5 nitrogen and oxygen atoms in total. The summed E-state index contributed by atoms with van der Waals surface area (Å²) in [5.41, 5.74) is 8.37. The molecule has 2 N–H and O–H groups in total. The molecule has 0 aliphatic heterocycles. The molecule has 0 spiro atoms. The molecule has 102 valence electrons. The molecule has 0 bridgehead atoms. The number of rotatable bonds is 6. The van der Waals surface area contributed by atoms with Gasteiger partial charge in [-0.25, -0.2) is 0 Å². The van der Waals surface area contributed by atoms with E-state index < -0.39 is 0 Å². The van der Waals surface area contributed by atoms with Gasteiger partial charge in [-0.1, -0.05) is 13.0 Å². The van der Waals surface area contributed by atoms with E-state index in [9.17, 15) is 0 Å². The fourth-order valence-corrected chi connectivity index (χ4v) is 2.04. The molecular formula is C14H21N5. The van der Waals surface area contributed by atoms with E-state index in [1.54, 1.807) is 4.68 Å². The Balaban J connectivity index is 1.95. The second-order valence-electron chi connectivity index (χ2n) is 4.70. The van der Waals surface area contributed by atoms with Gasteiger partial charge < -0.3 is 5.73 Å². The van der Waals surface area contributed by atoms with Gasteiger partial charge in [0.25, 0.3) is 0 Å². The molecule has 0 saturated carbocycles. The summed E-state index contributed by atoms with van der Waals surface area (Å²) in [7, 11) is 1.90. The zero-order valence-electron chi connectivity index (χ0n) is 11.5. The Labute approximate surface area is 114 Å². The van der Waals surface area contributed by atoms with E-state index in [0.717, 1.165) is 30.9 Å². The van der Waals surface area contributed by atoms with Crippen molar-refractivity contribution in [2.45, 2.75) is 19.5 Å². The van der Waals surface area contributed by atoms with Crippen molar-refractivity contribution in [3.63, 3.8) is 0 Å². The van der Waals surface area contributed by atoms with E-state index in [1.807, 2.05) is 43.8 Å². The highest BCUT2D eigenvalue weighted by atomic mass is 15.2. The van der Waals surface area contributed by atoms with Gasteiger partial charge in [0.15, 0.2) is 0 Å². The fraction of sp³-hybridized carbons (Fsp3) is 0.429. The number of likely N-dealkylation sites (N-methyl/N-ethyl adjacent to an activating group) is 1. The van der Waals surface area contributed by atoms with Crippen LogP contribution in [-0.4, -0.2) is 32.8 Å². The van der Waals surface area contributed by atoms with Crippen LogP contribution in [0, 0.1) is 0 Å². The summed E-state index contributed by atoms with van der Waals surface area (Å²) in [6, 6.07) is 5.97. The van der Waals surface area contributed by atoms with Crippen LogP contribution < -0.4 is 5.73 Å². The molecule has 0 aliphatic carbocycles. The van der Waals surface area contributed by atoms with Crippen molar-refractivity contribution < 1.29 is 0 Å². The van der Waals surface area contributed by atoms with Crippen molar-refractivity contribution >= 4 is 0 Å². The standard InChI is InChI=1S/C14H21N5/c1-3-19(10-13-6-4-5-7-16-13)11-14(15)12-8-17-18(2)9-12/h4-9,14H,3,10-11,15H2,1-2H3. The van der Waals surface area contributed by atoms with Crippen molar-refractivity contribution in [1.29, 1.82) is 0 Å². The SMILES string of the molecule is CCN(Cc1ccccn1)CC(N)c1cnn(C)c1. The van der Waals surface area contributed by atoms with Crippen molar-refractivity contribution in [2.24, 2.45) is 12.8 Å². The lowest BCUT2D eigenvalue weighted by Crippen LogP contribution is -2.31. The smallest absolute Gasteiger partial charge is 0.0543 e. The molecular weight excluding hydrogens is 238 g/mol. The van der Waals surface area contributed by atoms with E-state index in [0.29, 0.717) is 0 Å². The van der Waals surface area contributed by atoms with Crippen LogP contribution in [0.2, 0.25) is 0 Å². The number of aromatic nitrogens is 3. The van der Waals surface area contributed by atoms with Crippen LogP contribution in [0.3, 0.4) is 0 Å². The van der Waals surface area contributed by atoms with Crippen LogP contribution in [0.4, 0.5) is 0 Å². The van der Waals surface area contributed by atoms with Crippen molar-refractivity contribution in [1.82, 2.24) is 19.7 Å². The van der Waals surface area contributed by atoms with Crippen molar-refractivity contribution in [2.75, 3.05) is 13.1 Å². The number of nitrogens with zero attached hydrogens (tertiary/aromatic N) is 4. The minimum absolute atomic E-state index is 0.0163. The van der Waals surface area contributed by atoms with Gasteiger partial charge in [-0.2, -0.15) is 5.10 Å². The van der Waals surface area contributed by atoms with Gasteiger partial charge in [0.1, 0.15) is 0 Å². The Morgan fingerprint density at radius 2 is 2.26 bits per heavy atom. The Bertz CT molecular complexity index is 494. The molecule has 0 radical (unpaired) electrons. The predicted octanol–water partition coefficient (Wildman–Crippen LogP) is 1.34. The van der Waals surface area contributed by atoms with Gasteiger partial charge in [-0.3, -0.25) is 14.6 Å². The van der Waals surface area contributed by atoms with Crippen LogP contribution in [0.15, 0.2) is 36.8 Å². The van der Waals surface area contributed by atoms with E-state index in [-0.39, 0.29) is 6.04 Å². The van der Waals surface area contributed by atoms with Crippen LogP contribution in [-0.2, 0) is 13.6 Å². The Morgan fingerprint density at radius 1 is 1.42 bits per heavy atom. The average Bonchev–Trinajstić information content (AvgIpc) is 2.86. The van der Waals surface area contributed by atoms with Crippen LogP contribution in [0.25, 0.3) is 0 Å². The van der Waals surface area contributed by atoms with Gasteiger partial charge >= 0.3 is 0 Å². The van der Waals surface area contributed by atoms with Gasteiger partial charge in [-0.15, -0.1) is 0 Å². The molecule has 0 saturated heterocycles. The molecule has 2 aromatic rings. The lowest BCUT2D eigenvalue weighted by Gasteiger charge is -2.23. The average molecular weight is 259 g/mol. The second kappa shape index (κ2) is 6.45. The first-order valence-corrected chi connectivity index (χ1v) is 6.55. The highest BCUT2D eigenvalue weighted by Crippen LogP contribution is 2.12. The summed E-state index contributed by atoms with van der Waals surface area (Å²) in [6.45, 7) is 4.72. The number of pyridine rings is 1. The number of aryl methyl sites for hydroxylation is 1. The fourth-order valence-electron chi connectivity index (χ4n) is 2.04. The largest absolute Gasteiger partial charge is 0.323 e. The number of hydrogen-bond acceptors (Lipinski definition) is 4. The molecule has 2 heterocycles. The molecule has 0 amide bonds. The third-order valence-corrected chi connectivity index (χ3v) is 3.17. The van der Waals surface area contributed by atoms with E-state index in [4.69, 9.17) is 5.73 Å². The van der Waals surface area contributed by atoms with Crippen LogP contribution in [0.1, 0.15) is 24.2 Å². The van der Waals surface area contributed by atoms with E-state index in [2.05, 4.69) is 21.9 Å². The van der Waals surface area contributed by atoms with Gasteiger partial charge in [0.05, 0.1) is 11.9 Å². The molecule has 0 aliphatic rings. The molecule has 5 heteroatoms. The second-order valence-corrected chi connectivity index (χ2v) is 4.70. The first-order chi connectivity index (χ1) is 9.19. The van der Waals surface area contributed by atoms with Crippen molar-refractivity contribution in [3.05, 3.63) is 48.0 Å². The molecule has 1 atom stereocenters.